The second-order valence-electron chi connectivity index (χ2n) is 9.93. The molecule has 43 heavy (non-hydrogen) atoms. The zero-order valence-electron chi connectivity index (χ0n) is 23.3. The maximum Gasteiger partial charge on any atom is 0.270 e. The van der Waals surface area contributed by atoms with Gasteiger partial charge in [-0.25, -0.2) is 4.98 Å². The van der Waals surface area contributed by atoms with Gasteiger partial charge in [0.05, 0.1) is 23.4 Å². The van der Waals surface area contributed by atoms with Gasteiger partial charge in [-0.2, -0.15) is 0 Å². The van der Waals surface area contributed by atoms with Gasteiger partial charge in [0.2, 0.25) is 0 Å². The highest BCUT2D eigenvalue weighted by molar-refractivity contribution is 8.27. The Morgan fingerprint density at radius 3 is 2.60 bits per heavy atom. The largest absolute Gasteiger partial charge is 0.493 e. The molecular weight excluding hydrogens is 601 g/mol. The Labute approximate surface area is 263 Å². The van der Waals surface area contributed by atoms with E-state index < -0.39 is 0 Å². The molecular formula is C32H28N4O4S3. The minimum absolute atomic E-state index is 0.176. The van der Waals surface area contributed by atoms with Crippen LogP contribution in [0.15, 0.2) is 83.8 Å². The number of thiocarbonyl (C=S) groups is 1. The molecule has 218 valence electrons. The van der Waals surface area contributed by atoms with Crippen LogP contribution in [0.5, 0.6) is 11.5 Å². The Kier molecular flexibility index (Phi) is 8.85. The number of carbonyl (C=O) groups is 2. The predicted octanol–water partition coefficient (Wildman–Crippen LogP) is 6.13. The summed E-state index contributed by atoms with van der Waals surface area (Å²) in [7, 11) is 1.53. The summed E-state index contributed by atoms with van der Waals surface area (Å²) in [6, 6.07) is 25.0. The zero-order chi connectivity index (χ0) is 29.8. The number of ether oxygens (including phenoxy) is 2. The van der Waals surface area contributed by atoms with E-state index in [0.29, 0.717) is 25.9 Å². The number of methoxy groups -OCH3 is 1. The van der Waals surface area contributed by atoms with Crippen molar-refractivity contribution in [3.8, 4) is 11.5 Å². The van der Waals surface area contributed by atoms with Gasteiger partial charge in [0.1, 0.15) is 0 Å². The van der Waals surface area contributed by atoms with Gasteiger partial charge < -0.3 is 9.47 Å². The molecule has 1 fully saturated rings. The number of fused-ring (bicyclic) bond motifs is 1. The molecule has 2 amide bonds. The normalized spacial score (nSPS) is 15.9. The lowest BCUT2D eigenvalue weighted by Crippen LogP contribution is -2.29. The first-order valence-corrected chi connectivity index (χ1v) is 15.7. The van der Waals surface area contributed by atoms with E-state index in [4.69, 9.17) is 21.7 Å². The van der Waals surface area contributed by atoms with Crippen LogP contribution in [-0.4, -0.2) is 46.3 Å². The molecule has 0 saturated carbocycles. The molecule has 1 N–H and O–H groups in total. The van der Waals surface area contributed by atoms with E-state index in [9.17, 15) is 9.59 Å². The monoisotopic (exact) mass is 628 g/mol. The van der Waals surface area contributed by atoms with Gasteiger partial charge >= 0.3 is 0 Å². The maximum atomic E-state index is 13.1. The van der Waals surface area contributed by atoms with E-state index >= 15 is 0 Å². The van der Waals surface area contributed by atoms with Crippen LogP contribution < -0.4 is 19.7 Å². The standard InChI is InChI=1S/C32H28N4O4S3/c1-39-26-16-22(17-27-30(38)36(32(41)43-27)23-10-6-3-7-11-23)12-13-25(26)40-20-29(37)34-31-33-24-14-15-35(19-28(24)42-31)18-21-8-4-2-5-9-21/h2-13,16-17H,14-15,18-20H2,1H3,(H,33,34,37)/b27-17-. The molecule has 3 aromatic carbocycles. The smallest absolute Gasteiger partial charge is 0.270 e. The second kappa shape index (κ2) is 13.1. The summed E-state index contributed by atoms with van der Waals surface area (Å²) < 4.78 is 11.8. The van der Waals surface area contributed by atoms with Crippen molar-refractivity contribution in [3.63, 3.8) is 0 Å². The molecule has 2 aliphatic heterocycles. The van der Waals surface area contributed by atoms with E-state index in [2.05, 4.69) is 39.5 Å². The van der Waals surface area contributed by atoms with Crippen LogP contribution >= 0.6 is 35.3 Å². The summed E-state index contributed by atoms with van der Waals surface area (Å²) in [4.78, 5) is 36.1. The summed E-state index contributed by atoms with van der Waals surface area (Å²) in [6.45, 7) is 2.43. The average Bonchev–Trinajstić information content (AvgIpc) is 3.55. The fourth-order valence-corrected chi connectivity index (χ4v) is 7.25. The number of hydrogen-bond acceptors (Lipinski definition) is 9. The molecule has 1 saturated heterocycles. The summed E-state index contributed by atoms with van der Waals surface area (Å²) in [5, 5.41) is 3.45. The predicted molar refractivity (Wildman–Crippen MR) is 176 cm³/mol. The minimum Gasteiger partial charge on any atom is -0.493 e. The first-order chi connectivity index (χ1) is 21.0. The number of anilines is 2. The van der Waals surface area contributed by atoms with Crippen LogP contribution in [0.2, 0.25) is 0 Å². The third kappa shape index (κ3) is 6.80. The first kappa shape index (κ1) is 29.1. The lowest BCUT2D eigenvalue weighted by atomic mass is 10.1. The van der Waals surface area contributed by atoms with Crippen molar-refractivity contribution < 1.29 is 19.1 Å². The fourth-order valence-electron chi connectivity index (χ4n) is 4.89. The molecule has 6 rings (SSSR count). The van der Waals surface area contributed by atoms with E-state index in [-0.39, 0.29) is 18.4 Å². The number of nitrogens with zero attached hydrogens (tertiary/aromatic N) is 3. The highest BCUT2D eigenvalue weighted by Crippen LogP contribution is 2.37. The molecule has 0 radical (unpaired) electrons. The highest BCUT2D eigenvalue weighted by Gasteiger charge is 2.33. The molecule has 0 bridgehead atoms. The van der Waals surface area contributed by atoms with Gasteiger partial charge in [0, 0.05) is 30.9 Å². The lowest BCUT2D eigenvalue weighted by molar-refractivity contribution is -0.118. The van der Waals surface area contributed by atoms with E-state index in [1.54, 1.807) is 24.3 Å². The fraction of sp³-hybridized carbons (Fsp3) is 0.188. The number of carbonyl (C=O) groups excluding carboxylic acids is 2. The van der Waals surface area contributed by atoms with Crippen molar-refractivity contribution >= 4 is 68.3 Å². The number of thiazole rings is 1. The number of hydrogen-bond donors (Lipinski definition) is 1. The molecule has 8 nitrogen and oxygen atoms in total. The molecule has 0 atom stereocenters. The number of rotatable bonds is 9. The molecule has 3 heterocycles. The van der Waals surface area contributed by atoms with Crippen molar-refractivity contribution in [1.29, 1.82) is 0 Å². The van der Waals surface area contributed by atoms with Crippen LogP contribution in [0.3, 0.4) is 0 Å². The summed E-state index contributed by atoms with van der Waals surface area (Å²) >= 11 is 8.22. The van der Waals surface area contributed by atoms with Gasteiger partial charge in [-0.05, 0) is 41.5 Å². The molecule has 2 aliphatic rings. The second-order valence-corrected chi connectivity index (χ2v) is 12.7. The van der Waals surface area contributed by atoms with Gasteiger partial charge in [0.25, 0.3) is 11.8 Å². The minimum atomic E-state index is -0.303. The summed E-state index contributed by atoms with van der Waals surface area (Å²) in [6.07, 6.45) is 2.62. The maximum absolute atomic E-state index is 13.1. The summed E-state index contributed by atoms with van der Waals surface area (Å²) in [5.74, 6) is 0.387. The Hall–Kier alpha value is -4.03. The molecule has 0 aliphatic carbocycles. The van der Waals surface area contributed by atoms with Gasteiger partial charge in [0.15, 0.2) is 27.6 Å². The first-order valence-electron chi connectivity index (χ1n) is 13.7. The van der Waals surface area contributed by atoms with E-state index in [0.717, 1.165) is 43.0 Å². The SMILES string of the molecule is COc1cc(/C=C2\SC(=S)N(c3ccccc3)C2=O)ccc1OCC(=O)Nc1nc2c(s1)CN(Cc1ccccc1)CC2. The van der Waals surface area contributed by atoms with Crippen molar-refractivity contribution in [2.75, 3.05) is 30.5 Å². The molecule has 0 unspecified atom stereocenters. The Bertz CT molecular complexity index is 1690. The van der Waals surface area contributed by atoms with E-state index in [1.165, 1.54) is 45.5 Å². The third-order valence-electron chi connectivity index (χ3n) is 6.96. The molecule has 1 aromatic heterocycles. The zero-order valence-corrected chi connectivity index (χ0v) is 25.8. The van der Waals surface area contributed by atoms with Crippen LogP contribution in [0.25, 0.3) is 6.08 Å². The van der Waals surface area contributed by atoms with Gasteiger partial charge in [-0.1, -0.05) is 78.6 Å². The topological polar surface area (TPSA) is 84.0 Å². The van der Waals surface area contributed by atoms with Crippen LogP contribution in [0.1, 0.15) is 21.7 Å². The average molecular weight is 629 g/mol. The number of amides is 2. The molecule has 0 spiro atoms. The Morgan fingerprint density at radius 2 is 1.84 bits per heavy atom. The number of thioether (sulfide) groups is 1. The molecule has 4 aromatic rings. The third-order valence-corrected chi connectivity index (χ3v) is 9.26. The van der Waals surface area contributed by atoms with Crippen LogP contribution in [0.4, 0.5) is 10.8 Å². The van der Waals surface area contributed by atoms with Crippen molar-refractivity contribution in [2.24, 2.45) is 0 Å². The Morgan fingerprint density at radius 1 is 1.07 bits per heavy atom. The van der Waals surface area contributed by atoms with Crippen molar-refractivity contribution in [1.82, 2.24) is 9.88 Å². The Balaban J connectivity index is 1.05. The number of aromatic nitrogens is 1. The highest BCUT2D eigenvalue weighted by atomic mass is 32.2. The summed E-state index contributed by atoms with van der Waals surface area (Å²) in [5.41, 5.74) is 3.81. The lowest BCUT2D eigenvalue weighted by Gasteiger charge is -2.25. The number of para-hydroxylation sites is 1. The number of nitrogens with one attached hydrogen (secondary N) is 1. The quantitative estimate of drug-likeness (QED) is 0.175. The van der Waals surface area contributed by atoms with Crippen molar-refractivity contribution in [2.45, 2.75) is 19.5 Å². The van der Waals surface area contributed by atoms with Crippen LogP contribution in [0, 0.1) is 0 Å². The van der Waals surface area contributed by atoms with E-state index in [1.807, 2.05) is 36.4 Å². The van der Waals surface area contributed by atoms with Crippen molar-refractivity contribution in [3.05, 3.63) is 105 Å². The van der Waals surface area contributed by atoms with Crippen LogP contribution in [-0.2, 0) is 29.1 Å². The number of benzene rings is 3. The van der Waals surface area contributed by atoms with Gasteiger partial charge in [-0.15, -0.1) is 11.3 Å². The molecule has 11 heteroatoms. The van der Waals surface area contributed by atoms with Gasteiger partial charge in [-0.3, -0.25) is 24.7 Å².